The molecule has 144 valence electrons. The van der Waals surface area contributed by atoms with Gasteiger partial charge in [-0.1, -0.05) is 12.1 Å². The number of hydrogen-bond acceptors (Lipinski definition) is 4. The zero-order chi connectivity index (χ0) is 19.4. The molecular weight excluding hydrogens is 371 g/mol. The first kappa shape index (κ1) is 19.3. The van der Waals surface area contributed by atoms with E-state index in [9.17, 15) is 17.6 Å². The Morgan fingerprint density at radius 3 is 2.56 bits per heavy atom. The summed E-state index contributed by atoms with van der Waals surface area (Å²) >= 11 is 0. The minimum absolute atomic E-state index is 0.0654. The maximum absolute atomic E-state index is 13.7. The molecule has 1 amide bonds. The Hall–Kier alpha value is -2.45. The number of anilines is 1. The largest absolute Gasteiger partial charge is 0.494 e. The average molecular weight is 392 g/mol. The van der Waals surface area contributed by atoms with Crippen LogP contribution in [0.15, 0.2) is 53.4 Å². The van der Waals surface area contributed by atoms with Crippen molar-refractivity contribution in [3.05, 3.63) is 54.3 Å². The fourth-order valence-corrected chi connectivity index (χ4v) is 4.22. The highest BCUT2D eigenvalue weighted by molar-refractivity contribution is 7.89. The van der Waals surface area contributed by atoms with E-state index >= 15 is 0 Å². The number of nitrogens with zero attached hydrogens (tertiary/aromatic N) is 1. The molecule has 1 aliphatic heterocycles. The number of carbonyl (C=O) groups excluding carboxylic acids is 1. The van der Waals surface area contributed by atoms with Crippen molar-refractivity contribution < 1.29 is 22.3 Å². The fraction of sp³-hybridized carbons (Fsp3) is 0.316. The van der Waals surface area contributed by atoms with E-state index in [1.807, 2.05) is 6.92 Å². The lowest BCUT2D eigenvalue weighted by Crippen LogP contribution is -2.31. The standard InChI is InChI=1S/C19H21FN2O4S/c1-2-26-16-9-7-15(8-10-16)22-13-14(11-19(22)23)12-21-27(24,25)18-6-4-3-5-17(18)20/h3-10,14,21H,2,11-13H2,1H3. The summed E-state index contributed by atoms with van der Waals surface area (Å²) in [5.41, 5.74) is 0.739. The van der Waals surface area contributed by atoms with Gasteiger partial charge in [0.05, 0.1) is 6.61 Å². The molecule has 1 saturated heterocycles. The molecule has 0 radical (unpaired) electrons. The summed E-state index contributed by atoms with van der Waals surface area (Å²) in [6.07, 6.45) is 0.229. The first-order chi connectivity index (χ1) is 12.9. The zero-order valence-electron chi connectivity index (χ0n) is 14.9. The molecule has 0 aliphatic carbocycles. The predicted octanol–water partition coefficient (Wildman–Crippen LogP) is 2.56. The Balaban J connectivity index is 1.63. The van der Waals surface area contributed by atoms with Crippen LogP contribution in [0.3, 0.4) is 0 Å². The Kier molecular flexibility index (Phi) is 5.76. The van der Waals surface area contributed by atoms with Crippen molar-refractivity contribution >= 4 is 21.6 Å². The molecule has 1 fully saturated rings. The lowest BCUT2D eigenvalue weighted by atomic mass is 10.1. The molecule has 0 bridgehead atoms. The van der Waals surface area contributed by atoms with Gasteiger partial charge in [-0.3, -0.25) is 4.79 Å². The Morgan fingerprint density at radius 1 is 1.19 bits per heavy atom. The third-order valence-electron chi connectivity index (χ3n) is 4.35. The molecule has 2 aromatic rings. The SMILES string of the molecule is CCOc1ccc(N2CC(CNS(=O)(=O)c3ccccc3F)CC2=O)cc1. The van der Waals surface area contributed by atoms with Gasteiger partial charge in [0.15, 0.2) is 0 Å². The summed E-state index contributed by atoms with van der Waals surface area (Å²) in [6, 6.07) is 12.4. The minimum atomic E-state index is -3.96. The number of ether oxygens (including phenoxy) is 1. The normalized spacial score (nSPS) is 17.3. The van der Waals surface area contributed by atoms with Gasteiger partial charge >= 0.3 is 0 Å². The van der Waals surface area contributed by atoms with E-state index in [-0.39, 0.29) is 24.8 Å². The third kappa shape index (κ3) is 4.45. The van der Waals surface area contributed by atoms with Gasteiger partial charge in [-0.15, -0.1) is 0 Å². The second-order valence-electron chi connectivity index (χ2n) is 6.28. The molecule has 1 N–H and O–H groups in total. The summed E-state index contributed by atoms with van der Waals surface area (Å²) in [7, 11) is -3.96. The number of carbonyl (C=O) groups is 1. The van der Waals surface area contributed by atoms with Crippen LogP contribution in [0.25, 0.3) is 0 Å². The molecule has 1 heterocycles. The highest BCUT2D eigenvalue weighted by Crippen LogP contribution is 2.27. The molecule has 2 aromatic carbocycles. The van der Waals surface area contributed by atoms with Crippen molar-refractivity contribution in [1.82, 2.24) is 4.72 Å². The second-order valence-corrected chi connectivity index (χ2v) is 8.02. The van der Waals surface area contributed by atoms with E-state index in [4.69, 9.17) is 4.74 Å². The maximum Gasteiger partial charge on any atom is 0.243 e. The molecule has 0 spiro atoms. The molecular formula is C19H21FN2O4S. The minimum Gasteiger partial charge on any atom is -0.494 e. The van der Waals surface area contributed by atoms with E-state index in [0.29, 0.717) is 13.2 Å². The Labute approximate surface area is 158 Å². The molecule has 27 heavy (non-hydrogen) atoms. The monoisotopic (exact) mass is 392 g/mol. The van der Waals surface area contributed by atoms with Gasteiger partial charge in [-0.2, -0.15) is 0 Å². The summed E-state index contributed by atoms with van der Waals surface area (Å²) in [4.78, 5) is 13.5. The van der Waals surface area contributed by atoms with Crippen molar-refractivity contribution in [3.63, 3.8) is 0 Å². The number of hydrogen-bond donors (Lipinski definition) is 1. The molecule has 1 atom stereocenters. The van der Waals surface area contributed by atoms with Crippen molar-refractivity contribution in [1.29, 1.82) is 0 Å². The van der Waals surface area contributed by atoms with Crippen molar-refractivity contribution in [2.75, 3.05) is 24.6 Å². The molecule has 6 nitrogen and oxygen atoms in total. The fourth-order valence-electron chi connectivity index (χ4n) is 3.02. The van der Waals surface area contributed by atoms with E-state index < -0.39 is 20.7 Å². The van der Waals surface area contributed by atoms with E-state index in [2.05, 4.69) is 4.72 Å². The number of amides is 1. The quantitative estimate of drug-likeness (QED) is 0.786. The summed E-state index contributed by atoms with van der Waals surface area (Å²) < 4.78 is 46.1. The molecule has 0 aromatic heterocycles. The molecule has 0 saturated carbocycles. The van der Waals surface area contributed by atoms with E-state index in [1.165, 1.54) is 18.2 Å². The maximum atomic E-state index is 13.7. The van der Waals surface area contributed by atoms with Crippen LogP contribution in [-0.4, -0.2) is 34.0 Å². The van der Waals surface area contributed by atoms with Gasteiger partial charge in [0.2, 0.25) is 15.9 Å². The first-order valence-electron chi connectivity index (χ1n) is 8.68. The lowest BCUT2D eigenvalue weighted by Gasteiger charge is -2.17. The van der Waals surface area contributed by atoms with Crippen LogP contribution >= 0.6 is 0 Å². The molecule has 8 heteroatoms. The van der Waals surface area contributed by atoms with E-state index in [1.54, 1.807) is 29.2 Å². The van der Waals surface area contributed by atoms with Crippen LogP contribution in [0, 0.1) is 11.7 Å². The second kappa shape index (κ2) is 8.06. The first-order valence-corrected chi connectivity index (χ1v) is 10.2. The number of rotatable bonds is 7. The van der Waals surface area contributed by atoms with Crippen molar-refractivity contribution in [2.24, 2.45) is 5.92 Å². The van der Waals surface area contributed by atoms with Crippen LogP contribution in [0.4, 0.5) is 10.1 Å². The molecule has 1 aliphatic rings. The summed E-state index contributed by atoms with van der Waals surface area (Å²) in [5.74, 6) is -0.342. The topological polar surface area (TPSA) is 75.7 Å². The van der Waals surface area contributed by atoms with Crippen LogP contribution < -0.4 is 14.4 Å². The van der Waals surface area contributed by atoms with Crippen LogP contribution in [-0.2, 0) is 14.8 Å². The molecule has 1 unspecified atom stereocenters. The highest BCUT2D eigenvalue weighted by atomic mass is 32.2. The Bertz CT molecular complexity index is 916. The van der Waals surface area contributed by atoms with Crippen LogP contribution in [0.5, 0.6) is 5.75 Å². The number of nitrogens with one attached hydrogen (secondary N) is 1. The third-order valence-corrected chi connectivity index (χ3v) is 5.81. The predicted molar refractivity (Wildman–Crippen MR) is 99.7 cm³/mol. The highest BCUT2D eigenvalue weighted by Gasteiger charge is 2.31. The van der Waals surface area contributed by atoms with Gasteiger partial charge in [0.1, 0.15) is 16.5 Å². The lowest BCUT2D eigenvalue weighted by molar-refractivity contribution is -0.117. The summed E-state index contributed by atoms with van der Waals surface area (Å²) in [6.45, 7) is 2.92. The van der Waals surface area contributed by atoms with Gasteiger partial charge in [0, 0.05) is 25.2 Å². The number of halogens is 1. The number of benzene rings is 2. The summed E-state index contributed by atoms with van der Waals surface area (Å²) in [5, 5.41) is 0. The Morgan fingerprint density at radius 2 is 1.89 bits per heavy atom. The van der Waals surface area contributed by atoms with E-state index in [0.717, 1.165) is 17.5 Å². The smallest absolute Gasteiger partial charge is 0.243 e. The van der Waals surface area contributed by atoms with Crippen LogP contribution in [0.2, 0.25) is 0 Å². The van der Waals surface area contributed by atoms with Crippen molar-refractivity contribution in [3.8, 4) is 5.75 Å². The number of sulfonamides is 1. The van der Waals surface area contributed by atoms with Gasteiger partial charge < -0.3 is 9.64 Å². The average Bonchev–Trinajstić information content (AvgIpc) is 3.02. The molecule has 3 rings (SSSR count). The van der Waals surface area contributed by atoms with Gasteiger partial charge in [0.25, 0.3) is 0 Å². The van der Waals surface area contributed by atoms with Crippen molar-refractivity contribution in [2.45, 2.75) is 18.2 Å². The van der Waals surface area contributed by atoms with Gasteiger partial charge in [-0.25, -0.2) is 17.5 Å². The van der Waals surface area contributed by atoms with Crippen LogP contribution in [0.1, 0.15) is 13.3 Å². The zero-order valence-corrected chi connectivity index (χ0v) is 15.7. The van der Waals surface area contributed by atoms with Gasteiger partial charge in [-0.05, 0) is 49.2 Å².